The molecular weight excluding hydrogens is 500 g/mol. The molecule has 0 saturated carbocycles. The predicted octanol–water partition coefficient (Wildman–Crippen LogP) is 3.14. The smallest absolute Gasteiger partial charge is 0.330 e. The van der Waals surface area contributed by atoms with Crippen molar-refractivity contribution >= 4 is 50.7 Å². The first kappa shape index (κ1) is 27.7. The summed E-state index contributed by atoms with van der Waals surface area (Å²) >= 11 is 2.78. The van der Waals surface area contributed by atoms with Crippen molar-refractivity contribution < 1.29 is 4.79 Å². The summed E-state index contributed by atoms with van der Waals surface area (Å²) in [5.41, 5.74) is 5.75. The highest BCUT2D eigenvalue weighted by Gasteiger charge is 2.29. The van der Waals surface area contributed by atoms with Crippen LogP contribution in [0.2, 0.25) is 0 Å². The first-order valence-electron chi connectivity index (χ1n) is 12.0. The van der Waals surface area contributed by atoms with Crippen molar-refractivity contribution in [1.82, 2.24) is 19.5 Å². The maximum absolute atomic E-state index is 13.6. The highest BCUT2D eigenvalue weighted by atomic mass is 32.2. The number of amides is 1. The van der Waals surface area contributed by atoms with E-state index in [1.54, 1.807) is 6.92 Å². The minimum Gasteiger partial charge on any atom is -0.383 e. The first-order valence-corrected chi connectivity index (χ1v) is 13.9. The third kappa shape index (κ3) is 5.75. The van der Waals surface area contributed by atoms with Crippen molar-refractivity contribution in [2.75, 3.05) is 17.2 Å². The van der Waals surface area contributed by atoms with E-state index in [1.807, 2.05) is 34.6 Å². The van der Waals surface area contributed by atoms with Gasteiger partial charge in [-0.1, -0.05) is 27.2 Å². The monoisotopic (exact) mass is 534 g/mol. The average molecular weight is 535 g/mol. The fourth-order valence-corrected chi connectivity index (χ4v) is 5.76. The number of carbonyl (C=O) groups excluding carboxylic acids is 1. The van der Waals surface area contributed by atoms with Gasteiger partial charge >= 0.3 is 5.69 Å². The number of H-pyrrole nitrogens is 2. The van der Waals surface area contributed by atoms with Gasteiger partial charge in [-0.2, -0.15) is 0 Å². The summed E-state index contributed by atoms with van der Waals surface area (Å²) in [7, 11) is 0. The molecule has 0 aliphatic heterocycles. The van der Waals surface area contributed by atoms with Crippen LogP contribution in [0.25, 0.3) is 10.2 Å². The number of aryl methyl sites for hydroxylation is 2. The molecule has 0 aliphatic rings. The molecule has 4 N–H and O–H groups in total. The van der Waals surface area contributed by atoms with Crippen LogP contribution in [0.15, 0.2) is 14.4 Å². The highest BCUT2D eigenvalue weighted by Crippen LogP contribution is 2.27. The van der Waals surface area contributed by atoms with Crippen LogP contribution < -0.4 is 27.4 Å². The Morgan fingerprint density at radius 2 is 1.86 bits per heavy atom. The topological polar surface area (TPSA) is 147 Å². The normalized spacial score (nSPS) is 12.4. The minimum absolute atomic E-state index is 0.00524. The quantitative estimate of drug-likeness (QED) is 0.362. The van der Waals surface area contributed by atoms with Gasteiger partial charge in [-0.05, 0) is 38.7 Å². The molecule has 1 atom stereocenters. The Bertz CT molecular complexity index is 1440. The summed E-state index contributed by atoms with van der Waals surface area (Å²) in [6.45, 7) is 12.1. The fourth-order valence-electron chi connectivity index (χ4n) is 3.90. The molecule has 1 unspecified atom stereocenters. The van der Waals surface area contributed by atoms with Crippen LogP contribution in [0, 0.1) is 19.8 Å². The predicted molar refractivity (Wildman–Crippen MR) is 148 cm³/mol. The molecule has 0 radical (unpaired) electrons. The molecule has 1 amide bonds. The number of carbonyl (C=O) groups is 1. The second-order valence-corrected chi connectivity index (χ2v) is 11.8. The number of thioether (sulfide) groups is 1. The number of nitrogens with two attached hydrogens (primary N) is 1. The van der Waals surface area contributed by atoms with Crippen molar-refractivity contribution in [2.45, 2.75) is 71.9 Å². The number of unbranched alkanes of at least 4 members (excludes halogenated alkanes) is 1. The van der Waals surface area contributed by atoms with Gasteiger partial charge in [0.1, 0.15) is 16.5 Å². The van der Waals surface area contributed by atoms with Crippen LogP contribution in [0.5, 0.6) is 0 Å². The van der Waals surface area contributed by atoms with E-state index in [2.05, 4.69) is 15.0 Å². The van der Waals surface area contributed by atoms with Gasteiger partial charge in [-0.15, -0.1) is 23.1 Å². The number of aromatic amines is 2. The molecular formula is C24H34N6O4S2. The zero-order valence-corrected chi connectivity index (χ0v) is 23.2. The van der Waals surface area contributed by atoms with Gasteiger partial charge < -0.3 is 15.6 Å². The van der Waals surface area contributed by atoms with Crippen LogP contribution in [0.4, 0.5) is 11.5 Å². The van der Waals surface area contributed by atoms with Crippen molar-refractivity contribution in [3.8, 4) is 0 Å². The number of fused-ring (bicyclic) bond motifs is 1. The van der Waals surface area contributed by atoms with Crippen LogP contribution in [-0.2, 0) is 17.1 Å². The average Bonchev–Trinajstić information content (AvgIpc) is 3.09. The maximum atomic E-state index is 13.6. The molecule has 3 heterocycles. The number of anilines is 2. The van der Waals surface area contributed by atoms with Crippen molar-refractivity contribution in [1.29, 1.82) is 0 Å². The molecule has 36 heavy (non-hydrogen) atoms. The van der Waals surface area contributed by atoms with Crippen LogP contribution in [-0.4, -0.2) is 37.2 Å². The molecule has 3 aromatic rings. The standard InChI is InChI=1S/C24H34N6O4S2/c1-7-8-9-29-19(25)18(21(32)28-24(29)34)30(10-12(2)3)23(33)15(6)35-11-16-26-20(31)17-13(4)14(5)36-22(17)27-16/h12,15H,7-11,25H2,1-6H3,(H,26,27,31)(H,28,32,34). The van der Waals surface area contributed by atoms with Gasteiger partial charge in [-0.25, -0.2) is 9.78 Å². The lowest BCUT2D eigenvalue weighted by atomic mass is 10.2. The maximum Gasteiger partial charge on any atom is 0.330 e. The Hall–Kier alpha value is -2.86. The molecule has 10 nitrogen and oxygen atoms in total. The lowest BCUT2D eigenvalue weighted by molar-refractivity contribution is -0.118. The third-order valence-electron chi connectivity index (χ3n) is 5.94. The molecule has 3 aromatic heterocycles. The minimum atomic E-state index is -0.684. The zero-order chi connectivity index (χ0) is 26.7. The largest absolute Gasteiger partial charge is 0.383 e. The van der Waals surface area contributed by atoms with E-state index in [1.165, 1.54) is 32.6 Å². The Labute approximate surface area is 217 Å². The fraction of sp³-hybridized carbons (Fsp3) is 0.542. The molecule has 0 bridgehead atoms. The number of thiophene rings is 1. The van der Waals surface area contributed by atoms with E-state index in [0.29, 0.717) is 34.8 Å². The van der Waals surface area contributed by atoms with E-state index in [-0.39, 0.29) is 35.4 Å². The summed E-state index contributed by atoms with van der Waals surface area (Å²) < 4.78 is 1.31. The Balaban J connectivity index is 1.89. The summed E-state index contributed by atoms with van der Waals surface area (Å²) in [5, 5.41) is 0.0396. The van der Waals surface area contributed by atoms with E-state index in [0.717, 1.165) is 16.9 Å². The molecule has 196 valence electrons. The molecule has 0 aliphatic carbocycles. The van der Waals surface area contributed by atoms with Crippen molar-refractivity contribution in [3.05, 3.63) is 47.5 Å². The second-order valence-electron chi connectivity index (χ2n) is 9.27. The summed E-state index contributed by atoms with van der Waals surface area (Å²) in [6.07, 6.45) is 1.55. The highest BCUT2D eigenvalue weighted by molar-refractivity contribution is 7.99. The number of hydrogen-bond donors (Lipinski definition) is 3. The van der Waals surface area contributed by atoms with Gasteiger partial charge in [0.05, 0.1) is 16.4 Å². The summed E-state index contributed by atoms with van der Waals surface area (Å²) in [6, 6.07) is 0. The van der Waals surface area contributed by atoms with Gasteiger partial charge in [0.25, 0.3) is 11.1 Å². The van der Waals surface area contributed by atoms with Gasteiger partial charge in [0.15, 0.2) is 5.69 Å². The van der Waals surface area contributed by atoms with Crippen molar-refractivity contribution in [3.63, 3.8) is 0 Å². The van der Waals surface area contributed by atoms with E-state index in [9.17, 15) is 19.2 Å². The summed E-state index contributed by atoms with van der Waals surface area (Å²) in [4.78, 5) is 64.1. The Morgan fingerprint density at radius 3 is 2.50 bits per heavy atom. The number of nitrogens with one attached hydrogen (secondary N) is 2. The van der Waals surface area contributed by atoms with Crippen LogP contribution in [0.3, 0.4) is 0 Å². The number of hydrogen-bond acceptors (Lipinski definition) is 8. The van der Waals surface area contributed by atoms with Gasteiger partial charge in [-0.3, -0.25) is 23.9 Å². The SMILES string of the molecule is CCCCn1c(N)c(N(CC(C)C)C(=O)C(C)SCc2nc3sc(C)c(C)c3c(=O)[nH]2)c(=O)[nH]c1=O. The molecule has 0 fully saturated rings. The van der Waals surface area contributed by atoms with E-state index < -0.39 is 16.5 Å². The molecule has 12 heteroatoms. The van der Waals surface area contributed by atoms with Crippen LogP contribution >= 0.6 is 23.1 Å². The van der Waals surface area contributed by atoms with Crippen molar-refractivity contribution in [2.24, 2.45) is 5.92 Å². The van der Waals surface area contributed by atoms with Crippen LogP contribution in [0.1, 0.15) is 56.8 Å². The Morgan fingerprint density at radius 1 is 1.17 bits per heavy atom. The lowest BCUT2D eigenvalue weighted by Gasteiger charge is -2.28. The zero-order valence-electron chi connectivity index (χ0n) is 21.6. The number of rotatable bonds is 10. The number of aromatic nitrogens is 4. The second kappa shape index (κ2) is 11.5. The van der Waals surface area contributed by atoms with E-state index >= 15 is 0 Å². The first-order chi connectivity index (χ1) is 17.0. The number of nitrogen functional groups attached to an aromatic ring is 1. The molecule has 0 aromatic carbocycles. The Kier molecular flexibility index (Phi) is 8.83. The third-order valence-corrected chi connectivity index (χ3v) is 8.18. The van der Waals surface area contributed by atoms with Gasteiger partial charge in [0, 0.05) is 18.0 Å². The lowest BCUT2D eigenvalue weighted by Crippen LogP contribution is -2.45. The van der Waals surface area contributed by atoms with Gasteiger partial charge in [0.2, 0.25) is 5.91 Å². The molecule has 3 rings (SSSR count). The van der Waals surface area contributed by atoms with E-state index in [4.69, 9.17) is 5.73 Å². The molecule has 0 saturated heterocycles. The molecule has 0 spiro atoms. The number of nitrogens with zero attached hydrogens (tertiary/aromatic N) is 3. The summed E-state index contributed by atoms with van der Waals surface area (Å²) in [5.74, 6) is 0.526.